The van der Waals surface area contributed by atoms with E-state index < -0.39 is 37.0 Å². The maximum Gasteiger partial charge on any atom is 0.338 e. The molecule has 9 heteroatoms. The summed E-state index contributed by atoms with van der Waals surface area (Å²) in [7, 11) is -4.24. The second-order valence-electron chi connectivity index (χ2n) is 7.97. The first-order valence-electron chi connectivity index (χ1n) is 10.4. The van der Waals surface area contributed by atoms with E-state index in [2.05, 4.69) is 15.9 Å². The second-order valence-corrected chi connectivity index (χ2v) is 13.8. The Morgan fingerprint density at radius 3 is 1.85 bits per heavy atom. The van der Waals surface area contributed by atoms with Gasteiger partial charge in [-0.05, 0) is 62.4 Å². The van der Waals surface area contributed by atoms with Crippen LogP contribution in [0, 0.1) is 0 Å². The van der Waals surface area contributed by atoms with Crippen LogP contribution in [0.1, 0.15) is 24.2 Å². The minimum absolute atomic E-state index is 0.0385. The molecule has 0 radical (unpaired) electrons. The monoisotopic (exact) mass is 561 g/mol. The first kappa shape index (κ1) is 24.5. The van der Waals surface area contributed by atoms with Crippen LogP contribution in [-0.2, 0) is 35.0 Å². The molecule has 3 aromatic rings. The van der Waals surface area contributed by atoms with Crippen molar-refractivity contribution in [2.24, 2.45) is 0 Å². The molecule has 0 N–H and O–H groups in total. The smallest absolute Gasteiger partial charge is 0.338 e. The summed E-state index contributed by atoms with van der Waals surface area (Å²) in [6.07, 6.45) is 0. The highest BCUT2D eigenvalue weighted by Crippen LogP contribution is 2.44. The lowest BCUT2D eigenvalue weighted by Gasteiger charge is -2.19. The van der Waals surface area contributed by atoms with E-state index >= 15 is 0 Å². The lowest BCUT2D eigenvalue weighted by molar-refractivity contribution is -0.146. The van der Waals surface area contributed by atoms with Crippen molar-refractivity contribution < 1.29 is 27.5 Å². The molecule has 0 bridgehead atoms. The highest BCUT2D eigenvalue weighted by Gasteiger charge is 2.44. The Kier molecular flexibility index (Phi) is 6.89. The number of sulfone groups is 1. The third kappa shape index (κ3) is 4.78. The molecule has 1 aliphatic heterocycles. The number of carbonyl (C=O) groups excluding carboxylic acids is 2. The van der Waals surface area contributed by atoms with E-state index in [9.17, 15) is 18.0 Å². The van der Waals surface area contributed by atoms with Crippen LogP contribution in [0.3, 0.4) is 0 Å². The number of fused-ring (bicyclic) bond motifs is 2. The van der Waals surface area contributed by atoms with E-state index in [1.807, 2.05) is 36.4 Å². The Morgan fingerprint density at radius 1 is 0.824 bits per heavy atom. The third-order valence-electron chi connectivity index (χ3n) is 5.08. The van der Waals surface area contributed by atoms with E-state index in [4.69, 9.17) is 9.47 Å². The van der Waals surface area contributed by atoms with Gasteiger partial charge in [-0.2, -0.15) is 0 Å². The van der Waals surface area contributed by atoms with Crippen LogP contribution in [0.5, 0.6) is 0 Å². The predicted molar refractivity (Wildman–Crippen MR) is 131 cm³/mol. The molecule has 6 nitrogen and oxygen atoms in total. The lowest BCUT2D eigenvalue weighted by Crippen LogP contribution is -2.28. The molecule has 0 saturated heterocycles. The van der Waals surface area contributed by atoms with Gasteiger partial charge in [0.15, 0.2) is 14.7 Å². The molecule has 4 rings (SSSR count). The van der Waals surface area contributed by atoms with Crippen molar-refractivity contribution in [1.82, 2.24) is 0 Å². The van der Waals surface area contributed by atoms with Crippen molar-refractivity contribution >= 4 is 48.6 Å². The Morgan fingerprint density at radius 2 is 1.32 bits per heavy atom. The maximum absolute atomic E-state index is 13.1. The standard InChI is InChI=1S/C25H22BrO6S2/c1-25(2,26)24(28)32-16-15-31-23(27)17-11-13-18(14-12-17)33-19-7-3-5-9-21(19)34(29,30)22-10-6-4-8-20(22)33/h3-14H,15-16H2,1-2H3/q+1. The Bertz CT molecular complexity index is 1290. The van der Waals surface area contributed by atoms with Gasteiger partial charge < -0.3 is 9.47 Å². The second kappa shape index (κ2) is 9.56. The molecule has 0 aliphatic carbocycles. The van der Waals surface area contributed by atoms with Gasteiger partial charge in [0.2, 0.25) is 9.84 Å². The normalized spacial score (nSPS) is 14.6. The summed E-state index contributed by atoms with van der Waals surface area (Å²) in [6, 6.07) is 21.0. The average Bonchev–Trinajstić information content (AvgIpc) is 2.81. The number of esters is 2. The van der Waals surface area contributed by atoms with Crippen molar-refractivity contribution in [3.05, 3.63) is 78.4 Å². The fraction of sp³-hybridized carbons (Fsp3) is 0.200. The highest BCUT2D eigenvalue weighted by molar-refractivity contribution is 9.10. The molecular weight excluding hydrogens is 540 g/mol. The van der Waals surface area contributed by atoms with Crippen molar-refractivity contribution in [2.75, 3.05) is 13.2 Å². The summed E-state index contributed by atoms with van der Waals surface area (Å²) in [5, 5.41) is 0. The Hall–Kier alpha value is -2.62. The molecule has 0 aromatic heterocycles. The predicted octanol–water partition coefficient (Wildman–Crippen LogP) is 4.80. The summed E-state index contributed by atoms with van der Waals surface area (Å²) < 4.78 is 35.8. The summed E-state index contributed by atoms with van der Waals surface area (Å²) in [6.45, 7) is 3.24. The number of ether oxygens (including phenoxy) is 2. The Labute approximate surface area is 209 Å². The summed E-state index contributed by atoms with van der Waals surface area (Å²) >= 11 is 3.21. The van der Waals surface area contributed by atoms with Crippen LogP contribution >= 0.6 is 15.9 Å². The van der Waals surface area contributed by atoms with E-state index in [0.29, 0.717) is 15.4 Å². The minimum atomic E-state index is -3.60. The SMILES string of the molecule is CC(C)(Br)C(=O)OCCOC(=O)c1ccc([S+]2c3ccccc3S(=O)(=O)c3ccccc32)cc1. The molecule has 3 aromatic carbocycles. The summed E-state index contributed by atoms with van der Waals surface area (Å²) in [5.41, 5.74) is 0.352. The van der Waals surface area contributed by atoms with Gasteiger partial charge in [0.05, 0.1) is 5.56 Å². The molecule has 0 spiro atoms. The van der Waals surface area contributed by atoms with Gasteiger partial charge in [-0.1, -0.05) is 40.2 Å². The van der Waals surface area contributed by atoms with Crippen molar-refractivity contribution in [1.29, 1.82) is 0 Å². The number of alkyl halides is 1. The molecule has 0 saturated carbocycles. The zero-order valence-electron chi connectivity index (χ0n) is 18.5. The molecule has 0 atom stereocenters. The number of halogens is 1. The van der Waals surface area contributed by atoms with Crippen LogP contribution in [-0.4, -0.2) is 37.9 Å². The van der Waals surface area contributed by atoms with Crippen LogP contribution in [0.4, 0.5) is 0 Å². The van der Waals surface area contributed by atoms with E-state index in [-0.39, 0.29) is 13.2 Å². The van der Waals surface area contributed by atoms with Gasteiger partial charge in [-0.3, -0.25) is 4.79 Å². The quantitative estimate of drug-likeness (QED) is 0.145. The highest BCUT2D eigenvalue weighted by atomic mass is 79.9. The molecule has 1 aliphatic rings. The van der Waals surface area contributed by atoms with Gasteiger partial charge in [-0.25, -0.2) is 13.2 Å². The van der Waals surface area contributed by atoms with Gasteiger partial charge in [0.1, 0.15) is 38.2 Å². The number of benzene rings is 3. The maximum atomic E-state index is 13.1. The average molecular weight is 562 g/mol. The minimum Gasteiger partial charge on any atom is -0.461 e. The molecule has 0 unspecified atom stereocenters. The van der Waals surface area contributed by atoms with Crippen LogP contribution in [0.2, 0.25) is 0 Å². The van der Waals surface area contributed by atoms with Crippen molar-refractivity contribution in [2.45, 2.75) is 42.6 Å². The van der Waals surface area contributed by atoms with Crippen LogP contribution in [0.25, 0.3) is 0 Å². The first-order valence-corrected chi connectivity index (χ1v) is 13.9. The van der Waals surface area contributed by atoms with E-state index in [1.165, 1.54) is 0 Å². The third-order valence-corrected chi connectivity index (χ3v) is 9.87. The summed E-state index contributed by atoms with van der Waals surface area (Å²) in [4.78, 5) is 27.1. The van der Waals surface area contributed by atoms with Gasteiger partial charge in [0.25, 0.3) is 0 Å². The van der Waals surface area contributed by atoms with Crippen LogP contribution in [0.15, 0.2) is 97.3 Å². The van der Waals surface area contributed by atoms with Crippen LogP contribution < -0.4 is 0 Å². The topological polar surface area (TPSA) is 86.7 Å². The molecule has 1 heterocycles. The molecular formula is C25H22BrO6S2+. The molecule has 34 heavy (non-hydrogen) atoms. The fourth-order valence-corrected chi connectivity index (χ4v) is 8.23. The number of hydrogen-bond acceptors (Lipinski definition) is 6. The zero-order valence-corrected chi connectivity index (χ0v) is 21.7. The molecule has 0 fully saturated rings. The fourth-order valence-electron chi connectivity index (χ4n) is 3.42. The summed E-state index contributed by atoms with van der Waals surface area (Å²) in [5.74, 6) is -0.972. The van der Waals surface area contributed by atoms with Gasteiger partial charge in [0, 0.05) is 0 Å². The zero-order chi connectivity index (χ0) is 24.5. The van der Waals surface area contributed by atoms with E-state index in [1.54, 1.807) is 50.2 Å². The largest absolute Gasteiger partial charge is 0.461 e. The Balaban J connectivity index is 1.54. The number of rotatable bonds is 6. The van der Waals surface area contributed by atoms with Gasteiger partial charge >= 0.3 is 11.9 Å². The lowest BCUT2D eigenvalue weighted by atomic mass is 10.2. The van der Waals surface area contributed by atoms with Crippen molar-refractivity contribution in [3.8, 4) is 0 Å². The van der Waals surface area contributed by atoms with E-state index in [0.717, 1.165) is 14.7 Å². The van der Waals surface area contributed by atoms with Gasteiger partial charge in [-0.15, -0.1) is 0 Å². The molecule has 0 amide bonds. The number of hydrogen-bond donors (Lipinski definition) is 0. The first-order chi connectivity index (χ1) is 16.1. The molecule has 176 valence electrons. The van der Waals surface area contributed by atoms with Crippen molar-refractivity contribution in [3.63, 3.8) is 0 Å². The number of carbonyl (C=O) groups is 2.